The predicted molar refractivity (Wildman–Crippen MR) is 78.9 cm³/mol. The lowest BCUT2D eigenvalue weighted by atomic mass is 10.4. The summed E-state index contributed by atoms with van der Waals surface area (Å²) in [5, 5.41) is 5.39. The Bertz CT molecular complexity index is 616. The van der Waals surface area contributed by atoms with Gasteiger partial charge >= 0.3 is 0 Å². The lowest BCUT2D eigenvalue weighted by Crippen LogP contribution is -2.37. The summed E-state index contributed by atoms with van der Waals surface area (Å²) < 4.78 is 19.1. The summed E-state index contributed by atoms with van der Waals surface area (Å²) in [5.41, 5.74) is 6.37. The van der Waals surface area contributed by atoms with Gasteiger partial charge in [-0.05, 0) is 0 Å². The van der Waals surface area contributed by atoms with Crippen molar-refractivity contribution in [2.45, 2.75) is 6.54 Å². The largest absolute Gasteiger partial charge is 0.378 e. The van der Waals surface area contributed by atoms with Crippen LogP contribution >= 0.6 is 11.3 Å². The van der Waals surface area contributed by atoms with E-state index in [0.717, 1.165) is 5.69 Å². The highest BCUT2D eigenvalue weighted by molar-refractivity contribution is 7.13. The lowest BCUT2D eigenvalue weighted by Gasteiger charge is -2.28. The average molecular weight is 310 g/mol. The summed E-state index contributed by atoms with van der Waals surface area (Å²) in [4.78, 5) is 14.2. The van der Waals surface area contributed by atoms with Gasteiger partial charge in [-0.1, -0.05) is 0 Å². The van der Waals surface area contributed by atoms with Crippen molar-refractivity contribution >= 4 is 28.2 Å². The summed E-state index contributed by atoms with van der Waals surface area (Å²) in [6, 6.07) is 0. The minimum Gasteiger partial charge on any atom is -0.378 e. The van der Waals surface area contributed by atoms with Crippen molar-refractivity contribution in [1.82, 2.24) is 15.0 Å². The molecule has 0 aliphatic carbocycles. The molecule has 2 aromatic heterocycles. The van der Waals surface area contributed by atoms with Crippen LogP contribution in [0.2, 0.25) is 0 Å². The highest BCUT2D eigenvalue weighted by atomic mass is 32.1. The molecule has 0 aromatic carbocycles. The summed E-state index contributed by atoms with van der Waals surface area (Å²) in [6.45, 7) is 2.84. The second-order valence-corrected chi connectivity index (χ2v) is 5.38. The van der Waals surface area contributed by atoms with Crippen LogP contribution < -0.4 is 16.0 Å². The van der Waals surface area contributed by atoms with E-state index in [2.05, 4.69) is 20.3 Å². The van der Waals surface area contributed by atoms with Crippen molar-refractivity contribution in [3.8, 4) is 0 Å². The van der Waals surface area contributed by atoms with Crippen molar-refractivity contribution in [3.63, 3.8) is 0 Å². The summed E-state index contributed by atoms with van der Waals surface area (Å²) in [7, 11) is 0. The first-order valence-electron chi connectivity index (χ1n) is 6.51. The zero-order valence-corrected chi connectivity index (χ0v) is 12.1. The number of nitrogens with two attached hydrogens (primary N) is 1. The van der Waals surface area contributed by atoms with E-state index in [4.69, 9.17) is 10.5 Å². The zero-order valence-electron chi connectivity index (χ0n) is 11.3. The molecular weight excluding hydrogens is 295 g/mol. The van der Waals surface area contributed by atoms with Crippen molar-refractivity contribution < 1.29 is 9.13 Å². The summed E-state index contributed by atoms with van der Waals surface area (Å²) >= 11 is 1.37. The van der Waals surface area contributed by atoms with Crippen LogP contribution in [0.15, 0.2) is 11.6 Å². The summed E-state index contributed by atoms with van der Waals surface area (Å²) in [5.74, 6) is 0.235. The molecule has 2 aromatic rings. The molecule has 0 radical (unpaired) electrons. The Balaban J connectivity index is 1.70. The van der Waals surface area contributed by atoms with Crippen LogP contribution in [0.25, 0.3) is 0 Å². The van der Waals surface area contributed by atoms with Crippen molar-refractivity contribution in [2.75, 3.05) is 42.3 Å². The Kier molecular flexibility index (Phi) is 4.11. The Labute approximate surface area is 125 Å². The normalized spacial score (nSPS) is 15.2. The second kappa shape index (κ2) is 6.19. The molecule has 1 saturated heterocycles. The number of nitrogens with one attached hydrogen (secondary N) is 1. The van der Waals surface area contributed by atoms with E-state index in [9.17, 15) is 4.39 Å². The van der Waals surface area contributed by atoms with E-state index in [-0.39, 0.29) is 0 Å². The van der Waals surface area contributed by atoms with E-state index in [0.29, 0.717) is 49.7 Å². The van der Waals surface area contributed by atoms with E-state index in [1.54, 1.807) is 0 Å². The SMILES string of the molecule is Nc1nc(CNc2ncc(F)c(N3CCOCC3)n2)cs1. The van der Waals surface area contributed by atoms with Gasteiger partial charge in [0.2, 0.25) is 5.95 Å². The van der Waals surface area contributed by atoms with Crippen LogP contribution in [-0.2, 0) is 11.3 Å². The molecule has 0 atom stereocenters. The fourth-order valence-corrected chi connectivity index (χ4v) is 2.58. The number of aromatic nitrogens is 3. The van der Waals surface area contributed by atoms with Crippen LogP contribution in [0, 0.1) is 5.82 Å². The second-order valence-electron chi connectivity index (χ2n) is 4.50. The molecule has 112 valence electrons. The molecule has 0 amide bonds. The smallest absolute Gasteiger partial charge is 0.225 e. The Hall–Kier alpha value is -2.00. The number of halogens is 1. The van der Waals surface area contributed by atoms with Gasteiger partial charge in [0.1, 0.15) is 0 Å². The Morgan fingerprint density at radius 3 is 2.90 bits per heavy atom. The number of hydrogen-bond donors (Lipinski definition) is 2. The molecule has 7 nitrogen and oxygen atoms in total. The highest BCUT2D eigenvalue weighted by Gasteiger charge is 2.17. The number of anilines is 3. The van der Waals surface area contributed by atoms with Gasteiger partial charge in [-0.2, -0.15) is 4.98 Å². The third-order valence-corrected chi connectivity index (χ3v) is 3.76. The fourth-order valence-electron chi connectivity index (χ4n) is 2.01. The molecule has 21 heavy (non-hydrogen) atoms. The minimum atomic E-state index is -0.430. The number of nitrogens with zero attached hydrogens (tertiary/aromatic N) is 4. The van der Waals surface area contributed by atoms with Crippen LogP contribution in [0.1, 0.15) is 5.69 Å². The number of hydrogen-bond acceptors (Lipinski definition) is 8. The average Bonchev–Trinajstić information content (AvgIpc) is 2.93. The number of ether oxygens (including phenoxy) is 1. The van der Waals surface area contributed by atoms with Gasteiger partial charge in [0, 0.05) is 18.5 Å². The number of nitrogen functional groups attached to an aromatic ring is 1. The first-order valence-corrected chi connectivity index (χ1v) is 7.39. The molecule has 1 aliphatic rings. The molecular formula is C12H15FN6OS. The molecule has 3 heterocycles. The van der Waals surface area contributed by atoms with Crippen LogP contribution in [0.3, 0.4) is 0 Å². The zero-order chi connectivity index (χ0) is 14.7. The quantitative estimate of drug-likeness (QED) is 0.874. The van der Waals surface area contributed by atoms with Crippen molar-refractivity contribution in [3.05, 3.63) is 23.1 Å². The predicted octanol–water partition coefficient (Wildman–Crippen LogP) is 1.10. The molecule has 0 bridgehead atoms. The topological polar surface area (TPSA) is 89.2 Å². The van der Waals surface area contributed by atoms with E-state index < -0.39 is 5.82 Å². The maximum absolute atomic E-state index is 13.9. The first kappa shape index (κ1) is 14.0. The van der Waals surface area contributed by atoms with Gasteiger partial charge < -0.3 is 20.7 Å². The maximum Gasteiger partial charge on any atom is 0.225 e. The standard InChI is InChI=1S/C12H15FN6OS/c13-9-6-16-12(15-5-8-7-21-11(14)17-8)18-10(9)19-1-3-20-4-2-19/h6-7H,1-5H2,(H2,14,17)(H,15,16,18). The van der Waals surface area contributed by atoms with Gasteiger partial charge in [-0.3, -0.25) is 0 Å². The van der Waals surface area contributed by atoms with Crippen LogP contribution in [0.4, 0.5) is 21.3 Å². The molecule has 0 unspecified atom stereocenters. The Morgan fingerprint density at radius 1 is 1.38 bits per heavy atom. The molecule has 0 spiro atoms. The minimum absolute atomic E-state index is 0.300. The lowest BCUT2D eigenvalue weighted by molar-refractivity contribution is 0.122. The monoisotopic (exact) mass is 310 g/mol. The number of rotatable bonds is 4. The van der Waals surface area contributed by atoms with Gasteiger partial charge in [0.15, 0.2) is 16.8 Å². The van der Waals surface area contributed by atoms with Crippen LogP contribution in [0.5, 0.6) is 0 Å². The fraction of sp³-hybridized carbons (Fsp3) is 0.417. The van der Waals surface area contributed by atoms with Gasteiger partial charge in [-0.25, -0.2) is 14.4 Å². The highest BCUT2D eigenvalue weighted by Crippen LogP contribution is 2.19. The first-order chi connectivity index (χ1) is 10.2. The van der Waals surface area contributed by atoms with Gasteiger partial charge in [-0.15, -0.1) is 11.3 Å². The van der Waals surface area contributed by atoms with Gasteiger partial charge in [0.25, 0.3) is 0 Å². The summed E-state index contributed by atoms with van der Waals surface area (Å²) in [6.07, 6.45) is 1.18. The van der Waals surface area contributed by atoms with E-state index >= 15 is 0 Å². The van der Waals surface area contributed by atoms with E-state index in [1.165, 1.54) is 17.5 Å². The molecule has 1 aliphatic heterocycles. The number of thiazole rings is 1. The molecule has 0 saturated carbocycles. The van der Waals surface area contributed by atoms with Crippen molar-refractivity contribution in [1.29, 1.82) is 0 Å². The Morgan fingerprint density at radius 2 is 2.19 bits per heavy atom. The van der Waals surface area contributed by atoms with Crippen molar-refractivity contribution in [2.24, 2.45) is 0 Å². The maximum atomic E-state index is 13.9. The molecule has 9 heteroatoms. The molecule has 1 fully saturated rings. The third-order valence-electron chi connectivity index (χ3n) is 3.03. The molecule has 3 rings (SSSR count). The van der Waals surface area contributed by atoms with E-state index in [1.807, 2.05) is 10.3 Å². The number of morpholine rings is 1. The van der Waals surface area contributed by atoms with Crippen LogP contribution in [-0.4, -0.2) is 41.3 Å². The molecule has 3 N–H and O–H groups in total. The third kappa shape index (κ3) is 3.37. The van der Waals surface area contributed by atoms with Gasteiger partial charge in [0.05, 0.1) is 31.6 Å².